The number of H-pyrrole nitrogens is 1. The molecule has 3 atom stereocenters. The number of amides is 2. The molecule has 204 valence electrons. The molecule has 2 fully saturated rings. The monoisotopic (exact) mass is 633 g/mol. The summed E-state index contributed by atoms with van der Waals surface area (Å²) in [6, 6.07) is 5.47. The Kier molecular flexibility index (Phi) is 7.95. The molecule has 5 rings (SSSR count). The van der Waals surface area contributed by atoms with E-state index >= 15 is 0 Å². The van der Waals surface area contributed by atoms with Gasteiger partial charge in [-0.1, -0.05) is 13.8 Å². The van der Waals surface area contributed by atoms with E-state index in [1.165, 1.54) is 0 Å². The number of anilines is 1. The predicted octanol–water partition coefficient (Wildman–Crippen LogP) is 3.92. The van der Waals surface area contributed by atoms with Gasteiger partial charge >= 0.3 is 0 Å². The standard InChI is InChI=1S/C28H36IN5O4/c1-16(2)23(33-26(35)17-6-8-37-13-17)12-34-15-28(3,4)38-14-24(34)27(36)32-21-10-18(29)9-20-19-5-7-30-11-22(19)31-25(20)21/h5,7,9-11,16-17,23-24,31H,6,8,12-15H2,1-4H3,(H,32,36)(H,33,35)/t17?,23-,24+/m1/s1. The molecule has 2 saturated heterocycles. The highest BCUT2D eigenvalue weighted by Gasteiger charge is 2.39. The van der Waals surface area contributed by atoms with E-state index in [0.717, 1.165) is 37.5 Å². The number of pyridine rings is 1. The minimum Gasteiger partial charge on any atom is -0.381 e. The molecule has 9 nitrogen and oxygen atoms in total. The molecule has 2 aliphatic rings. The molecule has 1 aromatic carbocycles. The van der Waals surface area contributed by atoms with Crippen LogP contribution in [0.15, 0.2) is 30.6 Å². The molecule has 2 aromatic heterocycles. The number of hydrogen-bond donors (Lipinski definition) is 3. The van der Waals surface area contributed by atoms with Gasteiger partial charge in [-0.25, -0.2) is 0 Å². The van der Waals surface area contributed by atoms with Gasteiger partial charge in [0, 0.05) is 46.3 Å². The Morgan fingerprint density at radius 3 is 2.79 bits per heavy atom. The lowest BCUT2D eigenvalue weighted by Gasteiger charge is -2.44. The van der Waals surface area contributed by atoms with E-state index in [1.54, 1.807) is 12.4 Å². The second-order valence-electron chi connectivity index (χ2n) is 11.3. The number of aromatic amines is 1. The summed E-state index contributed by atoms with van der Waals surface area (Å²) in [4.78, 5) is 36.5. The highest BCUT2D eigenvalue weighted by molar-refractivity contribution is 14.1. The molecule has 3 aromatic rings. The molecule has 0 saturated carbocycles. The Balaban J connectivity index is 1.38. The van der Waals surface area contributed by atoms with Gasteiger partial charge in [0.1, 0.15) is 6.04 Å². The van der Waals surface area contributed by atoms with E-state index in [0.29, 0.717) is 26.3 Å². The molecule has 2 aliphatic heterocycles. The van der Waals surface area contributed by atoms with Crippen molar-refractivity contribution < 1.29 is 19.1 Å². The largest absolute Gasteiger partial charge is 0.381 e. The summed E-state index contributed by atoms with van der Waals surface area (Å²) >= 11 is 2.28. The second-order valence-corrected chi connectivity index (χ2v) is 12.6. The third-order valence-corrected chi connectivity index (χ3v) is 8.18. The maximum absolute atomic E-state index is 13.8. The topological polar surface area (TPSA) is 109 Å². The number of halogens is 1. The smallest absolute Gasteiger partial charge is 0.244 e. The Morgan fingerprint density at radius 2 is 2.05 bits per heavy atom. The molecule has 1 unspecified atom stereocenters. The van der Waals surface area contributed by atoms with Crippen molar-refractivity contribution in [3.05, 3.63) is 34.2 Å². The summed E-state index contributed by atoms with van der Waals surface area (Å²) in [5.74, 6) is 0.0000493. The quantitative estimate of drug-likeness (QED) is 0.341. The van der Waals surface area contributed by atoms with Crippen LogP contribution < -0.4 is 10.6 Å². The summed E-state index contributed by atoms with van der Waals surface area (Å²) < 4.78 is 12.5. The maximum Gasteiger partial charge on any atom is 0.244 e. The van der Waals surface area contributed by atoms with Crippen molar-refractivity contribution in [2.75, 3.05) is 38.2 Å². The minimum absolute atomic E-state index is 0.0317. The number of nitrogens with zero attached hydrogens (tertiary/aromatic N) is 2. The number of carbonyl (C=O) groups excluding carboxylic acids is 2. The number of nitrogens with one attached hydrogen (secondary N) is 3. The number of hydrogen-bond acceptors (Lipinski definition) is 6. The van der Waals surface area contributed by atoms with Crippen LogP contribution in [-0.2, 0) is 19.1 Å². The van der Waals surface area contributed by atoms with E-state index in [9.17, 15) is 9.59 Å². The van der Waals surface area contributed by atoms with Crippen molar-refractivity contribution in [3.8, 4) is 0 Å². The molecular weight excluding hydrogens is 597 g/mol. The zero-order valence-electron chi connectivity index (χ0n) is 22.3. The van der Waals surface area contributed by atoms with E-state index in [4.69, 9.17) is 9.47 Å². The fourth-order valence-electron chi connectivity index (χ4n) is 5.34. The first kappa shape index (κ1) is 27.3. The van der Waals surface area contributed by atoms with Crippen LogP contribution >= 0.6 is 22.6 Å². The second kappa shape index (κ2) is 11.1. The van der Waals surface area contributed by atoms with Crippen molar-refractivity contribution in [2.45, 2.75) is 51.8 Å². The molecule has 0 aliphatic carbocycles. The van der Waals surface area contributed by atoms with Crippen LogP contribution in [0.4, 0.5) is 5.69 Å². The summed E-state index contributed by atoms with van der Waals surface area (Å²) in [5.41, 5.74) is 2.12. The van der Waals surface area contributed by atoms with Gasteiger partial charge in [0.15, 0.2) is 0 Å². The van der Waals surface area contributed by atoms with E-state index in [-0.39, 0.29) is 36.3 Å². The van der Waals surface area contributed by atoms with Gasteiger partial charge in [-0.3, -0.25) is 19.5 Å². The molecule has 4 heterocycles. The first-order chi connectivity index (χ1) is 18.1. The average Bonchev–Trinajstić information content (AvgIpc) is 3.52. The first-order valence-electron chi connectivity index (χ1n) is 13.2. The predicted molar refractivity (Wildman–Crippen MR) is 156 cm³/mol. The highest BCUT2D eigenvalue weighted by Crippen LogP contribution is 2.32. The number of fused-ring (bicyclic) bond motifs is 3. The molecule has 0 spiro atoms. The van der Waals surface area contributed by atoms with Crippen molar-refractivity contribution >= 4 is 61.9 Å². The number of benzene rings is 1. The lowest BCUT2D eigenvalue weighted by atomic mass is 9.98. The summed E-state index contributed by atoms with van der Waals surface area (Å²) in [6.45, 7) is 10.8. The van der Waals surface area contributed by atoms with Crippen LogP contribution in [0.2, 0.25) is 0 Å². The zero-order chi connectivity index (χ0) is 27.0. The lowest BCUT2D eigenvalue weighted by molar-refractivity contribution is -0.144. The maximum atomic E-state index is 13.8. The average molecular weight is 634 g/mol. The van der Waals surface area contributed by atoms with Crippen molar-refractivity contribution in [1.29, 1.82) is 0 Å². The molecule has 3 N–H and O–H groups in total. The summed E-state index contributed by atoms with van der Waals surface area (Å²) in [7, 11) is 0. The van der Waals surface area contributed by atoms with Crippen LogP contribution in [0.5, 0.6) is 0 Å². The zero-order valence-corrected chi connectivity index (χ0v) is 24.5. The normalized spacial score (nSPS) is 22.7. The molecule has 10 heteroatoms. The fourth-order valence-corrected chi connectivity index (χ4v) is 5.96. The minimum atomic E-state index is -0.491. The van der Waals surface area contributed by atoms with E-state index in [2.05, 4.69) is 68.0 Å². The number of rotatable bonds is 7. The fraction of sp³-hybridized carbons (Fsp3) is 0.536. The van der Waals surface area contributed by atoms with Gasteiger partial charge in [-0.05, 0) is 67.0 Å². The van der Waals surface area contributed by atoms with Crippen LogP contribution in [0.3, 0.4) is 0 Å². The molecule has 38 heavy (non-hydrogen) atoms. The Bertz CT molecular complexity index is 1330. The Morgan fingerprint density at radius 1 is 1.24 bits per heavy atom. The Labute approximate surface area is 236 Å². The van der Waals surface area contributed by atoms with Crippen LogP contribution in [0.25, 0.3) is 21.8 Å². The molecular formula is C28H36IN5O4. The van der Waals surface area contributed by atoms with E-state index in [1.807, 2.05) is 26.0 Å². The molecule has 2 amide bonds. The SMILES string of the molecule is CC(C)[C@@H](CN1CC(C)(C)OC[C@H]1C(=O)Nc1cc(I)cc2c1[nH]c1cnccc12)NC(=O)C1CCOC1. The number of aromatic nitrogens is 2. The lowest BCUT2D eigenvalue weighted by Crippen LogP contribution is -2.61. The van der Waals surface area contributed by atoms with Crippen LogP contribution in [-0.4, -0.2) is 77.3 Å². The van der Waals surface area contributed by atoms with Gasteiger partial charge in [-0.2, -0.15) is 0 Å². The van der Waals surface area contributed by atoms with Crippen molar-refractivity contribution in [2.24, 2.45) is 11.8 Å². The van der Waals surface area contributed by atoms with Gasteiger partial charge in [0.05, 0.1) is 47.7 Å². The van der Waals surface area contributed by atoms with Crippen molar-refractivity contribution in [1.82, 2.24) is 20.2 Å². The van der Waals surface area contributed by atoms with E-state index < -0.39 is 11.6 Å². The van der Waals surface area contributed by atoms with Gasteiger partial charge < -0.3 is 25.1 Å². The number of morpholine rings is 1. The van der Waals surface area contributed by atoms with Crippen LogP contribution in [0, 0.1) is 15.4 Å². The van der Waals surface area contributed by atoms with Crippen LogP contribution in [0.1, 0.15) is 34.1 Å². The van der Waals surface area contributed by atoms with Gasteiger partial charge in [0.25, 0.3) is 0 Å². The third-order valence-electron chi connectivity index (χ3n) is 7.56. The van der Waals surface area contributed by atoms with Crippen molar-refractivity contribution in [3.63, 3.8) is 0 Å². The summed E-state index contributed by atoms with van der Waals surface area (Å²) in [6.07, 6.45) is 4.32. The molecule has 0 radical (unpaired) electrons. The third kappa shape index (κ3) is 5.83. The molecule has 0 bridgehead atoms. The van der Waals surface area contributed by atoms with Gasteiger partial charge in [-0.15, -0.1) is 0 Å². The van der Waals surface area contributed by atoms with Gasteiger partial charge in [0.2, 0.25) is 11.8 Å². The number of ether oxygens (including phenoxy) is 2. The first-order valence-corrected chi connectivity index (χ1v) is 14.3. The summed E-state index contributed by atoms with van der Waals surface area (Å²) in [5, 5.41) is 8.53. The Hall–Kier alpha value is -2.28. The number of carbonyl (C=O) groups is 2. The highest BCUT2D eigenvalue weighted by atomic mass is 127.